The van der Waals surface area contributed by atoms with E-state index >= 15 is 0 Å². The van der Waals surface area contributed by atoms with E-state index in [1.165, 1.54) is 0 Å². The van der Waals surface area contributed by atoms with Crippen LogP contribution in [0.2, 0.25) is 0 Å². The summed E-state index contributed by atoms with van der Waals surface area (Å²) in [5.41, 5.74) is 0. The van der Waals surface area contributed by atoms with Gasteiger partial charge in [-0.25, -0.2) is 9.13 Å². The van der Waals surface area contributed by atoms with E-state index in [1.807, 2.05) is 0 Å². The number of aromatic nitrogens is 2. The lowest BCUT2D eigenvalue weighted by molar-refractivity contribution is -0.715. The highest BCUT2D eigenvalue weighted by Gasteiger charge is 2.08. The Hall–Kier alpha value is -0.790. The first-order valence-electron chi connectivity index (χ1n) is 4.19. The summed E-state index contributed by atoms with van der Waals surface area (Å²) in [7, 11) is 0. The molecule has 0 saturated heterocycles. The molecule has 1 heterocycles. The van der Waals surface area contributed by atoms with E-state index < -0.39 is 0 Å². The molecule has 0 aliphatic rings. The Morgan fingerprint density at radius 2 is 1.82 bits per heavy atom. The van der Waals surface area contributed by atoms with Crippen molar-refractivity contribution in [3.05, 3.63) is 18.7 Å². The maximum absolute atomic E-state index is 2.21. The molecule has 1 aromatic heterocycles. The van der Waals surface area contributed by atoms with Gasteiger partial charge in [-0.15, -0.1) is 0 Å². The van der Waals surface area contributed by atoms with Crippen molar-refractivity contribution in [1.29, 1.82) is 0 Å². The van der Waals surface area contributed by atoms with Gasteiger partial charge in [0.2, 0.25) is 6.33 Å². The summed E-state index contributed by atoms with van der Waals surface area (Å²) in [5, 5.41) is 0. The predicted octanol–water partition coefficient (Wildman–Crippen LogP) is 1.94. The zero-order valence-corrected chi connectivity index (χ0v) is 7.78. The van der Waals surface area contributed by atoms with E-state index in [0.29, 0.717) is 12.1 Å². The average Bonchev–Trinajstić information content (AvgIpc) is 2.33. The van der Waals surface area contributed by atoms with E-state index in [9.17, 15) is 0 Å². The Kier molecular flexibility index (Phi) is 2.32. The SMILES string of the molecule is CC(C)n1cc[n+](C(C)C)c1. The minimum atomic E-state index is 0.565. The second kappa shape index (κ2) is 3.07. The first-order chi connectivity index (χ1) is 5.11. The van der Waals surface area contributed by atoms with Gasteiger partial charge in [0.15, 0.2) is 0 Å². The number of rotatable bonds is 2. The fraction of sp³-hybridized carbons (Fsp3) is 0.667. The fourth-order valence-corrected chi connectivity index (χ4v) is 0.996. The van der Waals surface area contributed by atoms with Crippen LogP contribution in [0.3, 0.4) is 0 Å². The minimum absolute atomic E-state index is 0.565. The molecule has 0 N–H and O–H groups in total. The van der Waals surface area contributed by atoms with Crippen LogP contribution in [0.5, 0.6) is 0 Å². The maximum atomic E-state index is 2.21. The first kappa shape index (κ1) is 8.31. The van der Waals surface area contributed by atoms with Gasteiger partial charge in [-0.1, -0.05) is 0 Å². The number of hydrogen-bond donors (Lipinski definition) is 0. The molecule has 0 radical (unpaired) electrons. The molecular weight excluding hydrogens is 136 g/mol. The molecule has 0 aliphatic carbocycles. The molecule has 1 rings (SSSR count). The molecule has 0 aliphatic heterocycles. The molecule has 0 bridgehead atoms. The highest BCUT2D eigenvalue weighted by Crippen LogP contribution is 2.01. The molecule has 0 fully saturated rings. The molecule has 2 heteroatoms. The van der Waals surface area contributed by atoms with Crippen LogP contribution in [-0.2, 0) is 0 Å². The number of nitrogens with zero attached hydrogens (tertiary/aromatic N) is 2. The van der Waals surface area contributed by atoms with Gasteiger partial charge in [0, 0.05) is 0 Å². The summed E-state index contributed by atoms with van der Waals surface area (Å²) >= 11 is 0. The van der Waals surface area contributed by atoms with Gasteiger partial charge in [0.05, 0.1) is 12.1 Å². The molecule has 0 unspecified atom stereocenters. The lowest BCUT2D eigenvalue weighted by Gasteiger charge is -1.99. The smallest absolute Gasteiger partial charge is 0.235 e. The van der Waals surface area contributed by atoms with E-state index in [-0.39, 0.29) is 0 Å². The summed E-state index contributed by atoms with van der Waals surface area (Å²) in [6.07, 6.45) is 6.38. The second-order valence-electron chi connectivity index (χ2n) is 3.50. The molecule has 1 aromatic rings. The molecule has 0 aromatic carbocycles. The van der Waals surface area contributed by atoms with Gasteiger partial charge >= 0.3 is 0 Å². The fourth-order valence-electron chi connectivity index (χ4n) is 0.996. The highest BCUT2D eigenvalue weighted by atomic mass is 15.1. The van der Waals surface area contributed by atoms with E-state index in [0.717, 1.165) is 0 Å². The normalized spacial score (nSPS) is 11.5. The van der Waals surface area contributed by atoms with E-state index in [4.69, 9.17) is 0 Å². The molecule has 0 amide bonds. The van der Waals surface area contributed by atoms with Gasteiger partial charge < -0.3 is 0 Å². The van der Waals surface area contributed by atoms with Crippen LogP contribution in [0.15, 0.2) is 18.7 Å². The molecule has 2 nitrogen and oxygen atoms in total. The Labute approximate surface area is 68.5 Å². The second-order valence-corrected chi connectivity index (χ2v) is 3.50. The van der Waals surface area contributed by atoms with Crippen molar-refractivity contribution >= 4 is 0 Å². The van der Waals surface area contributed by atoms with Crippen LogP contribution in [0.4, 0.5) is 0 Å². The van der Waals surface area contributed by atoms with Crippen LogP contribution in [0.25, 0.3) is 0 Å². The van der Waals surface area contributed by atoms with Crippen LogP contribution in [0.1, 0.15) is 39.8 Å². The van der Waals surface area contributed by atoms with Crippen molar-refractivity contribution < 1.29 is 4.57 Å². The average molecular weight is 153 g/mol. The number of imidazole rings is 1. The van der Waals surface area contributed by atoms with Crippen molar-refractivity contribution in [3.63, 3.8) is 0 Å². The first-order valence-corrected chi connectivity index (χ1v) is 4.19. The van der Waals surface area contributed by atoms with Crippen molar-refractivity contribution in [2.75, 3.05) is 0 Å². The van der Waals surface area contributed by atoms with Crippen molar-refractivity contribution in [2.24, 2.45) is 0 Å². The monoisotopic (exact) mass is 153 g/mol. The summed E-state index contributed by atoms with van der Waals surface area (Å²) in [4.78, 5) is 0. The quantitative estimate of drug-likeness (QED) is 0.574. The van der Waals surface area contributed by atoms with Gasteiger partial charge in [-0.3, -0.25) is 0 Å². The third-order valence-corrected chi connectivity index (χ3v) is 1.87. The molecule has 0 spiro atoms. The van der Waals surface area contributed by atoms with Gasteiger partial charge in [-0.05, 0) is 27.7 Å². The van der Waals surface area contributed by atoms with Crippen LogP contribution < -0.4 is 4.57 Å². The van der Waals surface area contributed by atoms with E-state index in [2.05, 4.69) is 55.6 Å². The molecule has 11 heavy (non-hydrogen) atoms. The van der Waals surface area contributed by atoms with Gasteiger partial charge in [-0.2, -0.15) is 0 Å². The highest BCUT2D eigenvalue weighted by molar-refractivity contribution is 4.70. The zero-order valence-electron chi connectivity index (χ0n) is 7.78. The van der Waals surface area contributed by atoms with Crippen LogP contribution in [0, 0.1) is 0 Å². The topological polar surface area (TPSA) is 8.81 Å². The van der Waals surface area contributed by atoms with Gasteiger partial charge in [0.1, 0.15) is 12.4 Å². The Morgan fingerprint density at radius 3 is 2.09 bits per heavy atom. The minimum Gasteiger partial charge on any atom is -0.235 e. The predicted molar refractivity (Wildman–Crippen MR) is 45.4 cm³/mol. The van der Waals surface area contributed by atoms with Gasteiger partial charge in [0.25, 0.3) is 0 Å². The number of hydrogen-bond acceptors (Lipinski definition) is 0. The van der Waals surface area contributed by atoms with Crippen molar-refractivity contribution in [2.45, 2.75) is 39.8 Å². The summed E-state index contributed by atoms with van der Waals surface area (Å²) in [6, 6.07) is 1.13. The molecule has 0 atom stereocenters. The largest absolute Gasteiger partial charge is 0.244 e. The van der Waals surface area contributed by atoms with Crippen LogP contribution in [-0.4, -0.2) is 4.57 Å². The zero-order chi connectivity index (χ0) is 8.43. The van der Waals surface area contributed by atoms with Crippen molar-refractivity contribution in [3.8, 4) is 0 Å². The summed E-state index contributed by atoms with van der Waals surface area (Å²) in [5.74, 6) is 0. The summed E-state index contributed by atoms with van der Waals surface area (Å²) < 4.78 is 4.42. The molecular formula is C9H17N2+. The van der Waals surface area contributed by atoms with E-state index in [1.54, 1.807) is 0 Å². The summed E-state index contributed by atoms with van der Waals surface area (Å²) in [6.45, 7) is 8.74. The molecule has 0 saturated carbocycles. The Balaban J connectivity index is 2.82. The molecule has 62 valence electrons. The van der Waals surface area contributed by atoms with Crippen LogP contribution >= 0.6 is 0 Å². The maximum Gasteiger partial charge on any atom is 0.244 e. The van der Waals surface area contributed by atoms with Crippen molar-refractivity contribution in [1.82, 2.24) is 4.57 Å². The lowest BCUT2D eigenvalue weighted by Crippen LogP contribution is -2.33. The standard InChI is InChI=1S/C9H17N2/c1-8(2)10-5-6-11(7-10)9(3)4/h5-9H,1-4H3/q+1. The Morgan fingerprint density at radius 1 is 1.18 bits per heavy atom. The Bertz CT molecular complexity index is 201. The third kappa shape index (κ3) is 1.82. The third-order valence-electron chi connectivity index (χ3n) is 1.87. The lowest BCUT2D eigenvalue weighted by atomic mass is 10.4.